The third-order valence-electron chi connectivity index (χ3n) is 3.90. The zero-order chi connectivity index (χ0) is 20.6. The summed E-state index contributed by atoms with van der Waals surface area (Å²) in [5.74, 6) is 0.604. The number of nitro groups is 1. The fraction of sp³-hybridized carbons (Fsp3) is 0.0476. The normalized spacial score (nSPS) is 10.5. The van der Waals surface area contributed by atoms with Gasteiger partial charge in [-0.2, -0.15) is 5.10 Å². The molecule has 0 atom stereocenters. The lowest BCUT2D eigenvalue weighted by Crippen LogP contribution is -2.08. The first-order chi connectivity index (χ1) is 14.0. The highest BCUT2D eigenvalue weighted by Crippen LogP contribution is 2.17. The van der Waals surface area contributed by atoms with E-state index in [1.807, 2.05) is 0 Å². The average Bonchev–Trinajstić information content (AvgIpc) is 2.75. The number of anilines is 1. The van der Waals surface area contributed by atoms with Gasteiger partial charge in [-0.1, -0.05) is 0 Å². The molecule has 0 aromatic heterocycles. The van der Waals surface area contributed by atoms with E-state index in [1.54, 1.807) is 74.0 Å². The molecule has 0 saturated carbocycles. The van der Waals surface area contributed by atoms with Crippen LogP contribution in [0.2, 0.25) is 0 Å². The number of nitrogens with one attached hydrogen (secondary N) is 1. The minimum atomic E-state index is -0.464. The third kappa shape index (κ3) is 5.39. The number of carbonyl (C=O) groups excluding carboxylic acids is 1. The predicted molar refractivity (Wildman–Crippen MR) is 109 cm³/mol. The zero-order valence-corrected chi connectivity index (χ0v) is 15.4. The Morgan fingerprint density at radius 2 is 1.59 bits per heavy atom. The van der Waals surface area contributed by atoms with Gasteiger partial charge in [0.1, 0.15) is 11.5 Å². The molecule has 0 radical (unpaired) electrons. The first-order valence-corrected chi connectivity index (χ1v) is 8.55. The lowest BCUT2D eigenvalue weighted by molar-refractivity contribution is -0.384. The summed E-state index contributed by atoms with van der Waals surface area (Å²) in [6.07, 6.45) is 1.58. The second-order valence-corrected chi connectivity index (χ2v) is 5.86. The number of hydrogen-bond donors (Lipinski definition) is 1. The van der Waals surface area contributed by atoms with Crippen LogP contribution in [-0.4, -0.2) is 24.2 Å². The van der Waals surface area contributed by atoms with Crippen LogP contribution in [0, 0.1) is 10.1 Å². The predicted octanol–water partition coefficient (Wildman–Crippen LogP) is 4.27. The van der Waals surface area contributed by atoms with Crippen molar-refractivity contribution in [3.63, 3.8) is 0 Å². The molecule has 0 bridgehead atoms. The molecule has 29 heavy (non-hydrogen) atoms. The van der Waals surface area contributed by atoms with Crippen molar-refractivity contribution in [2.24, 2.45) is 5.10 Å². The number of hydrogen-bond acceptors (Lipinski definition) is 7. The first-order valence-electron chi connectivity index (χ1n) is 8.55. The summed E-state index contributed by atoms with van der Waals surface area (Å²) in [7, 11) is 1.56. The number of rotatable bonds is 7. The van der Waals surface area contributed by atoms with Gasteiger partial charge in [-0.15, -0.1) is 0 Å². The molecule has 0 aliphatic heterocycles. The molecule has 3 aromatic rings. The lowest BCUT2D eigenvalue weighted by atomic mass is 10.2. The standard InChI is InChI=1S/C21H17N3O5/c1-28-19-12-4-16(5-13-19)21(25)29-20-10-2-15(3-11-20)14-22-23-17-6-8-18(9-7-17)24(26)27/h2-14,23H,1H3. The van der Waals surface area contributed by atoms with Gasteiger partial charge in [0, 0.05) is 12.1 Å². The number of benzene rings is 3. The van der Waals surface area contributed by atoms with Crippen molar-refractivity contribution in [3.8, 4) is 11.5 Å². The molecule has 0 spiro atoms. The van der Waals surface area contributed by atoms with Crippen LogP contribution in [-0.2, 0) is 0 Å². The number of methoxy groups -OCH3 is 1. The maximum absolute atomic E-state index is 12.2. The molecule has 0 saturated heterocycles. The number of non-ortho nitro benzene ring substituents is 1. The van der Waals surface area contributed by atoms with Crippen molar-refractivity contribution in [2.45, 2.75) is 0 Å². The molecule has 0 aliphatic carbocycles. The van der Waals surface area contributed by atoms with Gasteiger partial charge >= 0.3 is 5.97 Å². The van der Waals surface area contributed by atoms with Gasteiger partial charge in [0.15, 0.2) is 0 Å². The van der Waals surface area contributed by atoms with Crippen molar-refractivity contribution in [3.05, 3.63) is 94.0 Å². The van der Waals surface area contributed by atoms with Gasteiger partial charge < -0.3 is 9.47 Å². The summed E-state index contributed by atoms with van der Waals surface area (Å²) in [5.41, 5.74) is 4.62. The van der Waals surface area contributed by atoms with Crippen LogP contribution in [0.3, 0.4) is 0 Å². The van der Waals surface area contributed by atoms with E-state index >= 15 is 0 Å². The van der Waals surface area contributed by atoms with Crippen molar-refractivity contribution in [1.82, 2.24) is 0 Å². The first kappa shape index (κ1) is 19.6. The van der Waals surface area contributed by atoms with Gasteiger partial charge in [-0.05, 0) is 66.2 Å². The van der Waals surface area contributed by atoms with E-state index < -0.39 is 10.9 Å². The van der Waals surface area contributed by atoms with Crippen molar-refractivity contribution >= 4 is 23.6 Å². The minimum Gasteiger partial charge on any atom is -0.497 e. The molecule has 0 heterocycles. The molecule has 0 unspecified atom stereocenters. The summed E-state index contributed by atoms with van der Waals surface area (Å²) >= 11 is 0. The minimum absolute atomic E-state index is 0.0132. The number of carbonyl (C=O) groups is 1. The Morgan fingerprint density at radius 1 is 0.966 bits per heavy atom. The molecule has 8 nitrogen and oxygen atoms in total. The molecule has 3 rings (SSSR count). The second kappa shape index (κ2) is 9.14. The van der Waals surface area contributed by atoms with E-state index in [9.17, 15) is 14.9 Å². The largest absolute Gasteiger partial charge is 0.497 e. The molecule has 0 fully saturated rings. The summed E-state index contributed by atoms with van der Waals surface area (Å²) in [6, 6.07) is 19.4. The van der Waals surface area contributed by atoms with Gasteiger partial charge in [0.25, 0.3) is 5.69 Å². The number of nitrogens with zero attached hydrogens (tertiary/aromatic N) is 2. The van der Waals surface area contributed by atoms with Gasteiger partial charge in [0.05, 0.1) is 29.5 Å². The highest BCUT2D eigenvalue weighted by Gasteiger charge is 2.08. The Balaban J connectivity index is 1.55. The van der Waals surface area contributed by atoms with Gasteiger partial charge in [-0.3, -0.25) is 15.5 Å². The topological polar surface area (TPSA) is 103 Å². The van der Waals surface area contributed by atoms with Crippen molar-refractivity contribution in [2.75, 3.05) is 12.5 Å². The Kier molecular flexibility index (Phi) is 6.16. The molecular formula is C21H17N3O5. The van der Waals surface area contributed by atoms with Crippen LogP contribution in [0.5, 0.6) is 11.5 Å². The number of ether oxygens (including phenoxy) is 2. The monoisotopic (exact) mass is 391 g/mol. The number of hydrazone groups is 1. The summed E-state index contributed by atoms with van der Waals surface area (Å²) in [6.45, 7) is 0. The fourth-order valence-corrected chi connectivity index (χ4v) is 2.35. The van der Waals surface area contributed by atoms with Crippen molar-refractivity contribution in [1.29, 1.82) is 0 Å². The number of esters is 1. The molecule has 0 aliphatic rings. The molecule has 8 heteroatoms. The summed E-state index contributed by atoms with van der Waals surface area (Å²) < 4.78 is 10.4. The lowest BCUT2D eigenvalue weighted by Gasteiger charge is -2.05. The van der Waals surface area contributed by atoms with E-state index in [2.05, 4.69) is 10.5 Å². The Labute approximate surface area is 166 Å². The van der Waals surface area contributed by atoms with Crippen LogP contribution in [0.4, 0.5) is 11.4 Å². The van der Waals surface area contributed by atoms with Crippen molar-refractivity contribution < 1.29 is 19.2 Å². The van der Waals surface area contributed by atoms with Gasteiger partial charge in [0.2, 0.25) is 0 Å². The van der Waals surface area contributed by atoms with Crippen LogP contribution in [0.25, 0.3) is 0 Å². The third-order valence-corrected chi connectivity index (χ3v) is 3.90. The summed E-state index contributed by atoms with van der Waals surface area (Å²) in [4.78, 5) is 22.3. The average molecular weight is 391 g/mol. The maximum atomic E-state index is 12.2. The van der Waals surface area contributed by atoms with Crippen LogP contribution < -0.4 is 14.9 Å². The SMILES string of the molecule is COc1ccc(C(=O)Oc2ccc(C=NNc3ccc([N+](=O)[O-])cc3)cc2)cc1. The highest BCUT2D eigenvalue weighted by molar-refractivity contribution is 5.91. The summed E-state index contributed by atoms with van der Waals surface area (Å²) in [5, 5.41) is 14.7. The molecule has 146 valence electrons. The fourth-order valence-electron chi connectivity index (χ4n) is 2.35. The Bertz CT molecular complexity index is 1010. The van der Waals surface area contributed by atoms with E-state index in [0.29, 0.717) is 22.7 Å². The van der Waals surface area contributed by atoms with Crippen LogP contribution >= 0.6 is 0 Å². The van der Waals surface area contributed by atoms with E-state index in [4.69, 9.17) is 9.47 Å². The Hall–Kier alpha value is -4.20. The highest BCUT2D eigenvalue weighted by atomic mass is 16.6. The van der Waals surface area contributed by atoms with E-state index in [1.165, 1.54) is 12.1 Å². The molecular weight excluding hydrogens is 374 g/mol. The Morgan fingerprint density at radius 3 is 2.17 bits per heavy atom. The van der Waals surface area contributed by atoms with E-state index in [-0.39, 0.29) is 5.69 Å². The van der Waals surface area contributed by atoms with Crippen LogP contribution in [0.1, 0.15) is 15.9 Å². The van der Waals surface area contributed by atoms with Gasteiger partial charge in [-0.25, -0.2) is 4.79 Å². The second-order valence-electron chi connectivity index (χ2n) is 5.86. The molecule has 1 N–H and O–H groups in total. The smallest absolute Gasteiger partial charge is 0.343 e. The zero-order valence-electron chi connectivity index (χ0n) is 15.4. The van der Waals surface area contributed by atoms with E-state index in [0.717, 1.165) is 5.56 Å². The quantitative estimate of drug-likeness (QED) is 0.212. The maximum Gasteiger partial charge on any atom is 0.343 e. The molecule has 3 aromatic carbocycles. The van der Waals surface area contributed by atoms with Crippen LogP contribution in [0.15, 0.2) is 77.9 Å². The number of nitro benzene ring substituents is 1. The molecule has 0 amide bonds.